The first-order chi connectivity index (χ1) is 9.44. The zero-order valence-corrected chi connectivity index (χ0v) is 12.2. The van der Waals surface area contributed by atoms with Crippen molar-refractivity contribution in [1.82, 2.24) is 14.9 Å². The maximum absolute atomic E-state index is 11.9. The fourth-order valence-corrected chi connectivity index (χ4v) is 2.00. The van der Waals surface area contributed by atoms with Crippen LogP contribution < -0.4 is 4.74 Å². The van der Waals surface area contributed by atoms with E-state index >= 15 is 0 Å². The number of nitrogens with zero attached hydrogens (tertiary/aromatic N) is 3. The monoisotopic (exact) mass is 279 g/mol. The van der Waals surface area contributed by atoms with Crippen molar-refractivity contribution in [3.8, 4) is 5.88 Å². The van der Waals surface area contributed by atoms with Crippen LogP contribution in [-0.4, -0.2) is 45.8 Å². The molecule has 20 heavy (non-hydrogen) atoms. The number of hydrogen-bond donors (Lipinski definition) is 0. The minimum absolute atomic E-state index is 0.0744. The van der Waals surface area contributed by atoms with Gasteiger partial charge in [-0.25, -0.2) is 9.78 Å². The minimum atomic E-state index is -0.454. The van der Waals surface area contributed by atoms with Crippen LogP contribution in [0.4, 0.5) is 4.79 Å². The second kappa shape index (κ2) is 6.07. The van der Waals surface area contributed by atoms with Gasteiger partial charge in [0.2, 0.25) is 5.88 Å². The second-order valence-corrected chi connectivity index (χ2v) is 5.83. The molecule has 0 bridgehead atoms. The molecule has 6 heteroatoms. The first-order valence-electron chi connectivity index (χ1n) is 6.84. The molecule has 0 radical (unpaired) electrons. The highest BCUT2D eigenvalue weighted by Gasteiger charge is 2.27. The van der Waals surface area contributed by atoms with Crippen LogP contribution in [0.15, 0.2) is 18.6 Å². The molecule has 110 valence electrons. The van der Waals surface area contributed by atoms with Gasteiger partial charge in [-0.15, -0.1) is 0 Å². The van der Waals surface area contributed by atoms with Crippen LogP contribution in [-0.2, 0) is 4.74 Å². The Morgan fingerprint density at radius 2 is 2.00 bits per heavy atom. The van der Waals surface area contributed by atoms with Crippen LogP contribution >= 0.6 is 0 Å². The number of ether oxygens (including phenoxy) is 2. The van der Waals surface area contributed by atoms with Gasteiger partial charge in [0.25, 0.3) is 0 Å². The van der Waals surface area contributed by atoms with E-state index in [1.807, 2.05) is 20.8 Å². The van der Waals surface area contributed by atoms with Crippen molar-refractivity contribution in [3.05, 3.63) is 18.6 Å². The SMILES string of the molecule is CC(C)(C)OC(=O)N1CCC(Oc2cnccn2)CC1. The third-order valence-corrected chi connectivity index (χ3v) is 2.92. The highest BCUT2D eigenvalue weighted by Crippen LogP contribution is 2.18. The molecular weight excluding hydrogens is 258 g/mol. The van der Waals surface area contributed by atoms with Gasteiger partial charge in [-0.1, -0.05) is 0 Å². The lowest BCUT2D eigenvalue weighted by Gasteiger charge is -2.33. The van der Waals surface area contributed by atoms with Crippen LogP contribution in [0.3, 0.4) is 0 Å². The van der Waals surface area contributed by atoms with Crippen molar-refractivity contribution < 1.29 is 14.3 Å². The van der Waals surface area contributed by atoms with Gasteiger partial charge in [-0.2, -0.15) is 0 Å². The van der Waals surface area contributed by atoms with Gasteiger partial charge in [0.15, 0.2) is 0 Å². The number of amides is 1. The van der Waals surface area contributed by atoms with E-state index in [9.17, 15) is 4.79 Å². The first-order valence-corrected chi connectivity index (χ1v) is 6.84. The molecule has 0 saturated carbocycles. The lowest BCUT2D eigenvalue weighted by atomic mass is 10.1. The van der Waals surface area contributed by atoms with Gasteiger partial charge in [0.1, 0.15) is 11.7 Å². The van der Waals surface area contributed by atoms with E-state index < -0.39 is 5.60 Å². The number of hydrogen-bond acceptors (Lipinski definition) is 5. The third-order valence-electron chi connectivity index (χ3n) is 2.92. The number of carbonyl (C=O) groups is 1. The Bertz CT molecular complexity index is 437. The van der Waals surface area contributed by atoms with Crippen LogP contribution in [0.25, 0.3) is 0 Å². The van der Waals surface area contributed by atoms with Crippen molar-refractivity contribution in [2.24, 2.45) is 0 Å². The number of piperidine rings is 1. The van der Waals surface area contributed by atoms with Gasteiger partial charge in [0, 0.05) is 38.3 Å². The summed E-state index contributed by atoms with van der Waals surface area (Å²) in [6.07, 6.45) is 6.18. The van der Waals surface area contributed by atoms with E-state index in [1.54, 1.807) is 23.5 Å². The fourth-order valence-electron chi connectivity index (χ4n) is 2.00. The number of carbonyl (C=O) groups excluding carboxylic acids is 1. The molecule has 1 aromatic rings. The van der Waals surface area contributed by atoms with E-state index in [0.29, 0.717) is 19.0 Å². The Morgan fingerprint density at radius 1 is 1.30 bits per heavy atom. The summed E-state index contributed by atoms with van der Waals surface area (Å²) in [6.45, 7) is 6.89. The Labute approximate surface area is 119 Å². The molecule has 0 unspecified atom stereocenters. The number of aromatic nitrogens is 2. The lowest BCUT2D eigenvalue weighted by molar-refractivity contribution is 0.0123. The van der Waals surface area contributed by atoms with Crippen molar-refractivity contribution in [2.75, 3.05) is 13.1 Å². The average Bonchev–Trinajstić information content (AvgIpc) is 2.39. The van der Waals surface area contributed by atoms with Crippen molar-refractivity contribution in [3.63, 3.8) is 0 Å². The quantitative estimate of drug-likeness (QED) is 0.830. The highest BCUT2D eigenvalue weighted by atomic mass is 16.6. The zero-order valence-electron chi connectivity index (χ0n) is 12.2. The van der Waals surface area contributed by atoms with Gasteiger partial charge in [0.05, 0.1) is 6.20 Å². The summed E-state index contributed by atoms with van der Waals surface area (Å²) < 4.78 is 11.1. The molecule has 1 aliphatic heterocycles. The normalized spacial score (nSPS) is 16.9. The molecule has 1 saturated heterocycles. The van der Waals surface area contributed by atoms with E-state index in [1.165, 1.54) is 0 Å². The van der Waals surface area contributed by atoms with Crippen LogP contribution in [0.2, 0.25) is 0 Å². The van der Waals surface area contributed by atoms with Crippen molar-refractivity contribution >= 4 is 6.09 Å². The molecule has 6 nitrogen and oxygen atoms in total. The molecule has 1 fully saturated rings. The summed E-state index contributed by atoms with van der Waals surface area (Å²) in [7, 11) is 0. The predicted molar refractivity (Wildman–Crippen MR) is 73.5 cm³/mol. The molecule has 1 amide bonds. The average molecular weight is 279 g/mol. The number of rotatable bonds is 2. The fraction of sp³-hybridized carbons (Fsp3) is 0.643. The zero-order chi connectivity index (χ0) is 14.6. The standard InChI is InChI=1S/C14H21N3O3/c1-14(2,3)20-13(18)17-8-4-11(5-9-17)19-12-10-15-6-7-16-12/h6-7,10-11H,4-5,8-9H2,1-3H3. The Hall–Kier alpha value is -1.85. The van der Waals surface area contributed by atoms with Gasteiger partial charge < -0.3 is 14.4 Å². The molecule has 0 N–H and O–H groups in total. The van der Waals surface area contributed by atoms with E-state index in [4.69, 9.17) is 9.47 Å². The molecule has 0 aliphatic carbocycles. The van der Waals surface area contributed by atoms with Crippen LogP contribution in [0.1, 0.15) is 33.6 Å². The van der Waals surface area contributed by atoms with Crippen LogP contribution in [0, 0.1) is 0 Å². The molecule has 1 aliphatic rings. The summed E-state index contributed by atoms with van der Waals surface area (Å²) in [4.78, 5) is 21.7. The first kappa shape index (κ1) is 14.6. The smallest absolute Gasteiger partial charge is 0.410 e. The highest BCUT2D eigenvalue weighted by molar-refractivity contribution is 5.68. The molecule has 2 heterocycles. The third kappa shape index (κ3) is 4.36. The van der Waals surface area contributed by atoms with Crippen LogP contribution in [0.5, 0.6) is 5.88 Å². The molecule has 1 aromatic heterocycles. The largest absolute Gasteiger partial charge is 0.473 e. The summed E-state index contributed by atoms with van der Waals surface area (Å²) in [5.74, 6) is 0.531. The van der Waals surface area contributed by atoms with E-state index in [-0.39, 0.29) is 12.2 Å². The number of likely N-dealkylation sites (tertiary alicyclic amines) is 1. The minimum Gasteiger partial charge on any atom is -0.473 e. The Morgan fingerprint density at radius 3 is 2.55 bits per heavy atom. The molecular formula is C14H21N3O3. The van der Waals surface area contributed by atoms with Crippen molar-refractivity contribution in [1.29, 1.82) is 0 Å². The van der Waals surface area contributed by atoms with Gasteiger partial charge in [-0.3, -0.25) is 4.98 Å². The van der Waals surface area contributed by atoms with E-state index in [2.05, 4.69) is 9.97 Å². The molecule has 0 atom stereocenters. The maximum Gasteiger partial charge on any atom is 0.410 e. The molecule has 2 rings (SSSR count). The summed E-state index contributed by atoms with van der Waals surface area (Å²) in [5, 5.41) is 0. The predicted octanol–water partition coefficient (Wildman–Crippen LogP) is 2.25. The van der Waals surface area contributed by atoms with Gasteiger partial charge >= 0.3 is 6.09 Å². The Balaban J connectivity index is 1.79. The maximum atomic E-state index is 11.9. The van der Waals surface area contributed by atoms with Gasteiger partial charge in [-0.05, 0) is 20.8 Å². The summed E-state index contributed by atoms with van der Waals surface area (Å²) in [5.41, 5.74) is -0.454. The summed E-state index contributed by atoms with van der Waals surface area (Å²) >= 11 is 0. The topological polar surface area (TPSA) is 64.5 Å². The molecule has 0 spiro atoms. The summed E-state index contributed by atoms with van der Waals surface area (Å²) in [6, 6.07) is 0. The lowest BCUT2D eigenvalue weighted by Crippen LogP contribution is -2.44. The van der Waals surface area contributed by atoms with Crippen molar-refractivity contribution in [2.45, 2.75) is 45.3 Å². The Kier molecular flexibility index (Phi) is 4.42. The second-order valence-electron chi connectivity index (χ2n) is 5.83. The van der Waals surface area contributed by atoms with E-state index in [0.717, 1.165) is 12.8 Å². The molecule has 0 aromatic carbocycles.